The molecule has 2 aliphatic carbocycles. The van der Waals surface area contributed by atoms with Crippen LogP contribution in [0.1, 0.15) is 103 Å². The third-order valence-corrected chi connectivity index (χ3v) is 13.1. The normalized spacial score (nSPS) is 28.7. The average molecular weight is 791 g/mol. The molecule has 3 aliphatic heterocycles. The van der Waals surface area contributed by atoms with E-state index >= 15 is 0 Å². The van der Waals surface area contributed by atoms with Crippen molar-refractivity contribution >= 4 is 51.4 Å². The minimum atomic E-state index is -4.24. The molecule has 1 aromatic rings. The lowest BCUT2D eigenvalue weighted by Crippen LogP contribution is -2.57. The van der Waals surface area contributed by atoms with Gasteiger partial charge in [0.2, 0.25) is 11.8 Å². The van der Waals surface area contributed by atoms with Gasteiger partial charge in [0, 0.05) is 36.4 Å². The van der Waals surface area contributed by atoms with Gasteiger partial charge in [0.25, 0.3) is 15.9 Å². The summed E-state index contributed by atoms with van der Waals surface area (Å²) in [7, 11) is -4.24. The van der Waals surface area contributed by atoms with Gasteiger partial charge in [-0.25, -0.2) is 17.9 Å². The Kier molecular flexibility index (Phi) is 11.4. The predicted octanol–water partition coefficient (Wildman–Crippen LogP) is 4.48. The van der Waals surface area contributed by atoms with Gasteiger partial charge in [-0.2, -0.15) is 0 Å². The van der Waals surface area contributed by atoms with Crippen LogP contribution in [-0.2, 0) is 56.5 Å². The molecule has 54 heavy (non-hydrogen) atoms. The molecule has 5 atom stereocenters. The molecule has 0 aromatic heterocycles. The van der Waals surface area contributed by atoms with Crippen LogP contribution in [0.2, 0.25) is 5.02 Å². The van der Waals surface area contributed by atoms with E-state index in [1.165, 1.54) is 9.80 Å². The summed E-state index contributed by atoms with van der Waals surface area (Å²) in [6.07, 6.45) is 5.82. The largest absolute Gasteiger partial charge is 0.460 e. The van der Waals surface area contributed by atoms with Crippen LogP contribution in [0.4, 0.5) is 4.79 Å². The second kappa shape index (κ2) is 15.4. The minimum Gasteiger partial charge on any atom is -0.460 e. The molecule has 0 radical (unpaired) electrons. The van der Waals surface area contributed by atoms with Crippen LogP contribution in [-0.4, -0.2) is 89.4 Å². The standard InChI is InChI=1S/C38H51ClN4O10S/c1-5-51-37(16-17-37)54(49,50)41-34(47)38-20-26(38)14-10-8-6-7-9-12-24(18-31(44)53-36(2,3)4)33(46)43-22-27(19-30(43)32(45)40-38)52-35(48)42-21-25-13-11-15-29(39)28(25)23-42/h10-11,13-15,24,26-27,30H,5-9,12,16-23H2,1-4H3,(H,40,45)(H,41,47)/b14-10-/t24-,26-,27-,30+,38-/m1/s1. The Bertz CT molecular complexity index is 1810. The van der Waals surface area contributed by atoms with Crippen molar-refractivity contribution in [2.75, 3.05) is 13.2 Å². The molecule has 3 fully saturated rings. The highest BCUT2D eigenvalue weighted by Crippen LogP contribution is 2.48. The van der Waals surface area contributed by atoms with Crippen molar-refractivity contribution in [3.8, 4) is 0 Å². The van der Waals surface area contributed by atoms with Gasteiger partial charge < -0.3 is 24.4 Å². The van der Waals surface area contributed by atoms with E-state index in [1.54, 1.807) is 33.8 Å². The zero-order chi connectivity index (χ0) is 39.1. The smallest absolute Gasteiger partial charge is 0.410 e. The first-order valence-corrected chi connectivity index (χ1v) is 20.8. The molecule has 296 valence electrons. The maximum Gasteiger partial charge on any atom is 0.410 e. The molecule has 4 amide bonds. The second-order valence-corrected chi connectivity index (χ2v) is 18.4. The zero-order valence-electron chi connectivity index (χ0n) is 31.4. The Morgan fingerprint density at radius 2 is 1.85 bits per heavy atom. The van der Waals surface area contributed by atoms with Crippen molar-refractivity contribution in [2.45, 2.75) is 133 Å². The summed E-state index contributed by atoms with van der Waals surface area (Å²) in [5.74, 6) is -3.89. The van der Waals surface area contributed by atoms with Gasteiger partial charge in [0.15, 0.2) is 4.93 Å². The fourth-order valence-electron chi connectivity index (χ4n) is 7.77. The van der Waals surface area contributed by atoms with Gasteiger partial charge >= 0.3 is 12.1 Å². The highest BCUT2D eigenvalue weighted by molar-refractivity contribution is 7.91. The molecule has 0 bridgehead atoms. The van der Waals surface area contributed by atoms with Crippen LogP contribution in [0.3, 0.4) is 0 Å². The van der Waals surface area contributed by atoms with Crippen molar-refractivity contribution in [1.82, 2.24) is 19.8 Å². The quantitative estimate of drug-likeness (QED) is 0.282. The summed E-state index contributed by atoms with van der Waals surface area (Å²) in [6, 6.07) is 4.26. The number of sulfonamides is 1. The zero-order valence-corrected chi connectivity index (χ0v) is 32.9. The predicted molar refractivity (Wildman–Crippen MR) is 197 cm³/mol. The molecule has 0 unspecified atom stereocenters. The van der Waals surface area contributed by atoms with Gasteiger partial charge in [-0.1, -0.05) is 48.7 Å². The molecule has 0 spiro atoms. The number of carbonyl (C=O) groups is 5. The van der Waals surface area contributed by atoms with E-state index in [9.17, 15) is 32.4 Å². The van der Waals surface area contributed by atoms with E-state index in [4.69, 9.17) is 25.8 Å². The number of fused-ring (bicyclic) bond motifs is 3. The van der Waals surface area contributed by atoms with Gasteiger partial charge in [-0.05, 0) is 83.4 Å². The summed E-state index contributed by atoms with van der Waals surface area (Å²) in [4.78, 5) is 70.6. The molecule has 1 saturated heterocycles. The summed E-state index contributed by atoms with van der Waals surface area (Å²) in [5.41, 5.74) is -0.650. The molecule has 2 N–H and O–H groups in total. The minimum absolute atomic E-state index is 0.0754. The molecule has 14 nitrogen and oxygen atoms in total. The Labute approximate surface area is 321 Å². The van der Waals surface area contributed by atoms with Crippen molar-refractivity contribution < 1.29 is 46.6 Å². The number of amides is 4. The maximum atomic E-state index is 14.4. The van der Waals surface area contributed by atoms with Crippen LogP contribution >= 0.6 is 11.6 Å². The van der Waals surface area contributed by atoms with Crippen LogP contribution in [0.15, 0.2) is 30.4 Å². The van der Waals surface area contributed by atoms with Crippen molar-refractivity contribution in [3.05, 3.63) is 46.5 Å². The Morgan fingerprint density at radius 3 is 2.54 bits per heavy atom. The Morgan fingerprint density at radius 1 is 1.09 bits per heavy atom. The number of ether oxygens (including phenoxy) is 3. The summed E-state index contributed by atoms with van der Waals surface area (Å²) >= 11 is 6.37. The topological polar surface area (TPSA) is 178 Å². The van der Waals surface area contributed by atoms with Crippen LogP contribution in [0.5, 0.6) is 0 Å². The number of hydrogen-bond acceptors (Lipinski definition) is 10. The van der Waals surface area contributed by atoms with E-state index in [0.29, 0.717) is 24.3 Å². The number of esters is 1. The van der Waals surface area contributed by atoms with Crippen LogP contribution < -0.4 is 10.0 Å². The molecule has 1 aromatic carbocycles. The molecule has 2 saturated carbocycles. The van der Waals surface area contributed by atoms with Crippen LogP contribution in [0.25, 0.3) is 0 Å². The number of carbonyl (C=O) groups excluding carboxylic acids is 5. The summed E-state index contributed by atoms with van der Waals surface area (Å²) < 4.78 is 45.9. The second-order valence-electron chi connectivity index (χ2n) is 16.1. The number of nitrogens with one attached hydrogen (secondary N) is 2. The first-order valence-electron chi connectivity index (χ1n) is 18.9. The highest BCUT2D eigenvalue weighted by Gasteiger charge is 2.64. The molecule has 16 heteroatoms. The van der Waals surface area contributed by atoms with E-state index in [2.05, 4.69) is 10.0 Å². The van der Waals surface area contributed by atoms with E-state index < -0.39 is 79.9 Å². The number of rotatable bonds is 8. The van der Waals surface area contributed by atoms with Crippen molar-refractivity contribution in [2.24, 2.45) is 11.8 Å². The highest BCUT2D eigenvalue weighted by atomic mass is 35.5. The van der Waals surface area contributed by atoms with Gasteiger partial charge in [-0.15, -0.1) is 0 Å². The monoisotopic (exact) mass is 790 g/mol. The Hall–Kier alpha value is -3.69. The Balaban J connectivity index is 1.26. The van der Waals surface area contributed by atoms with Crippen LogP contribution in [0, 0.1) is 11.8 Å². The third-order valence-electron chi connectivity index (χ3n) is 10.8. The SMILES string of the molecule is CCOC1(S(=O)(=O)NC(=O)[C@@]23C[C@H]2/C=C\CCCCC[C@H](CC(=O)OC(C)(C)C)C(=O)N2C[C@H](OC(=O)N4Cc5cccc(Cl)c5C4)C[C@H]2C(=O)N3)CC1. The first-order chi connectivity index (χ1) is 25.5. The van der Waals surface area contributed by atoms with Gasteiger partial charge in [0.05, 0.1) is 19.5 Å². The molecular weight excluding hydrogens is 740 g/mol. The number of nitrogens with zero attached hydrogens (tertiary/aromatic N) is 2. The van der Waals surface area contributed by atoms with Crippen molar-refractivity contribution in [1.29, 1.82) is 0 Å². The van der Waals surface area contributed by atoms with E-state index in [0.717, 1.165) is 24.0 Å². The number of benzene rings is 1. The maximum absolute atomic E-state index is 14.4. The number of hydrogen-bond donors (Lipinski definition) is 2. The first kappa shape index (κ1) is 40.0. The lowest BCUT2D eigenvalue weighted by Gasteiger charge is -2.30. The fraction of sp³-hybridized carbons (Fsp3) is 0.658. The molecule has 3 heterocycles. The van der Waals surface area contributed by atoms with Gasteiger partial charge in [0.1, 0.15) is 23.3 Å². The molecule has 6 rings (SSSR count). The van der Waals surface area contributed by atoms with E-state index in [-0.39, 0.29) is 58.3 Å². The summed E-state index contributed by atoms with van der Waals surface area (Å²) in [6.45, 7) is 7.45. The summed E-state index contributed by atoms with van der Waals surface area (Å²) in [5, 5.41) is 3.37. The number of allylic oxidation sites excluding steroid dienone is 1. The lowest BCUT2D eigenvalue weighted by atomic mass is 9.95. The average Bonchev–Trinajstić information content (AvgIpc) is 3.91. The van der Waals surface area contributed by atoms with Gasteiger partial charge in [-0.3, -0.25) is 24.1 Å². The van der Waals surface area contributed by atoms with E-state index in [1.807, 2.05) is 24.3 Å². The third kappa shape index (κ3) is 8.57. The molecular formula is C38H51ClN4O10S. The number of halogens is 1. The lowest BCUT2D eigenvalue weighted by molar-refractivity contribution is -0.159. The van der Waals surface area contributed by atoms with Crippen molar-refractivity contribution in [3.63, 3.8) is 0 Å². The fourth-order valence-corrected chi connectivity index (χ4v) is 9.55. The molecule has 5 aliphatic rings.